The molecule has 0 aliphatic carbocycles. The van der Waals surface area contributed by atoms with E-state index in [0.29, 0.717) is 0 Å². The zero-order chi connectivity index (χ0) is 17.4. The van der Waals surface area contributed by atoms with Crippen molar-refractivity contribution in [1.82, 2.24) is 14.5 Å². The van der Waals surface area contributed by atoms with Gasteiger partial charge >= 0.3 is 0 Å². The molecule has 2 aromatic carbocycles. The Morgan fingerprint density at radius 1 is 1.24 bits per heavy atom. The van der Waals surface area contributed by atoms with Gasteiger partial charge in [0.15, 0.2) is 5.69 Å². The molecule has 4 rings (SSSR count). The molecule has 0 spiro atoms. The molecule has 0 atom stereocenters. The molecule has 0 unspecified atom stereocenters. The molecule has 0 saturated carbocycles. The Balaban J connectivity index is 1.61. The van der Waals surface area contributed by atoms with Crippen molar-refractivity contribution in [3.05, 3.63) is 54.4 Å². The van der Waals surface area contributed by atoms with Gasteiger partial charge in [-0.3, -0.25) is 4.79 Å². The molecule has 2 N–H and O–H groups in total. The van der Waals surface area contributed by atoms with Gasteiger partial charge in [0.2, 0.25) is 5.88 Å². The molecule has 0 radical (unpaired) electrons. The van der Waals surface area contributed by atoms with E-state index in [0.717, 1.165) is 27.5 Å². The Kier molecular flexibility index (Phi) is 3.53. The summed E-state index contributed by atoms with van der Waals surface area (Å²) in [5, 5.41) is 18.5. The van der Waals surface area contributed by atoms with Gasteiger partial charge in [-0.2, -0.15) is 0 Å². The van der Waals surface area contributed by atoms with Gasteiger partial charge in [0.25, 0.3) is 5.91 Å². The Labute approximate surface area is 142 Å². The molecule has 4 aromatic rings. The summed E-state index contributed by atoms with van der Waals surface area (Å²) in [6.45, 7) is 1.96. The second-order valence-corrected chi connectivity index (χ2v) is 5.77. The van der Waals surface area contributed by atoms with Crippen LogP contribution in [-0.4, -0.2) is 25.5 Å². The predicted octanol–water partition coefficient (Wildman–Crippen LogP) is 3.84. The fourth-order valence-corrected chi connectivity index (χ4v) is 2.86. The number of nitrogens with one attached hydrogen (secondary N) is 1. The number of hydrogen-bond donors (Lipinski definition) is 2. The molecule has 7 nitrogen and oxygen atoms in total. The Morgan fingerprint density at radius 3 is 2.96 bits per heavy atom. The van der Waals surface area contributed by atoms with Crippen LogP contribution < -0.4 is 0 Å². The molecule has 0 aliphatic rings. The number of carbonyl (C=O) groups excluding carboxylic acids is 1. The number of aromatic hydroxyl groups is 1. The van der Waals surface area contributed by atoms with E-state index in [9.17, 15) is 9.90 Å². The average molecular weight is 333 g/mol. The van der Waals surface area contributed by atoms with E-state index in [1.165, 1.54) is 0 Å². The number of para-hydroxylation sites is 3. The summed E-state index contributed by atoms with van der Waals surface area (Å²) in [5.74, 6) is -0.529. The standard InChI is InChI=1S/C18H15N5O2/c1-11-5-4-6-12-16(11)20-18(25)17(12)22-21-15(24)9-23-10-19-13-7-2-3-8-14(13)23/h2-8,10,20,25H,9H2,1H3. The number of fused-ring (bicyclic) bond motifs is 2. The molecule has 7 heteroatoms. The number of H-pyrrole nitrogens is 1. The van der Waals surface area contributed by atoms with E-state index < -0.39 is 5.91 Å². The van der Waals surface area contributed by atoms with Crippen molar-refractivity contribution in [2.24, 2.45) is 10.2 Å². The third kappa shape index (κ3) is 2.65. The lowest BCUT2D eigenvalue weighted by atomic mass is 10.1. The van der Waals surface area contributed by atoms with E-state index in [1.807, 2.05) is 49.4 Å². The summed E-state index contributed by atoms with van der Waals surface area (Å²) < 4.78 is 1.72. The quantitative estimate of drug-likeness (QED) is 0.557. The summed E-state index contributed by atoms with van der Waals surface area (Å²) in [5.41, 5.74) is 3.70. The first-order valence-corrected chi connectivity index (χ1v) is 7.78. The van der Waals surface area contributed by atoms with Crippen molar-refractivity contribution < 1.29 is 9.90 Å². The summed E-state index contributed by atoms with van der Waals surface area (Å²) in [6, 6.07) is 13.2. The highest BCUT2D eigenvalue weighted by Gasteiger charge is 2.12. The van der Waals surface area contributed by atoms with Crippen LogP contribution in [-0.2, 0) is 11.3 Å². The van der Waals surface area contributed by atoms with Crippen LogP contribution in [0.4, 0.5) is 5.69 Å². The lowest BCUT2D eigenvalue weighted by Crippen LogP contribution is -2.05. The maximum Gasteiger partial charge on any atom is 0.284 e. The lowest BCUT2D eigenvalue weighted by molar-refractivity contribution is -0.118. The van der Waals surface area contributed by atoms with Gasteiger partial charge in [-0.25, -0.2) is 4.98 Å². The number of benzene rings is 2. The number of amides is 1. The Bertz CT molecular complexity index is 1120. The molecule has 2 heterocycles. The molecular weight excluding hydrogens is 318 g/mol. The normalized spacial score (nSPS) is 11.7. The first kappa shape index (κ1) is 15.1. The first-order chi connectivity index (χ1) is 12.1. The highest BCUT2D eigenvalue weighted by atomic mass is 16.3. The predicted molar refractivity (Wildman–Crippen MR) is 94.0 cm³/mol. The van der Waals surface area contributed by atoms with E-state index in [4.69, 9.17) is 0 Å². The number of imidazole rings is 1. The minimum atomic E-state index is -0.426. The minimum absolute atomic E-state index is 0.0339. The number of hydrogen-bond acceptors (Lipinski definition) is 4. The molecule has 2 aromatic heterocycles. The van der Waals surface area contributed by atoms with Gasteiger partial charge in [0.05, 0.1) is 22.9 Å². The van der Waals surface area contributed by atoms with Gasteiger partial charge in [0, 0.05) is 5.39 Å². The topological polar surface area (TPSA) is 95.6 Å². The largest absolute Gasteiger partial charge is 0.493 e. The number of aryl methyl sites for hydroxylation is 1. The molecule has 124 valence electrons. The summed E-state index contributed by atoms with van der Waals surface area (Å²) in [4.78, 5) is 19.3. The van der Waals surface area contributed by atoms with Gasteiger partial charge in [0.1, 0.15) is 6.54 Å². The minimum Gasteiger partial charge on any atom is -0.493 e. The number of azo groups is 1. The second kappa shape index (κ2) is 5.86. The molecule has 0 aliphatic heterocycles. The third-order valence-corrected chi connectivity index (χ3v) is 4.09. The monoisotopic (exact) mass is 333 g/mol. The van der Waals surface area contributed by atoms with Crippen LogP contribution in [0.15, 0.2) is 59.0 Å². The van der Waals surface area contributed by atoms with Gasteiger partial charge in [-0.05, 0) is 24.6 Å². The SMILES string of the molecule is Cc1cccc2c(N=NC(=O)Cn3cnc4ccccc43)c(O)[nH]c12. The summed E-state index contributed by atoms with van der Waals surface area (Å²) in [7, 11) is 0. The van der Waals surface area contributed by atoms with E-state index in [-0.39, 0.29) is 18.1 Å². The maximum atomic E-state index is 12.2. The number of aromatic nitrogens is 3. The number of carbonyl (C=O) groups is 1. The lowest BCUT2D eigenvalue weighted by Gasteiger charge is -1.99. The van der Waals surface area contributed by atoms with Crippen molar-refractivity contribution in [3.63, 3.8) is 0 Å². The molecule has 1 amide bonds. The van der Waals surface area contributed by atoms with E-state index >= 15 is 0 Å². The Hall–Kier alpha value is -3.48. The van der Waals surface area contributed by atoms with Crippen LogP contribution in [0.25, 0.3) is 21.9 Å². The molecule has 0 fully saturated rings. The van der Waals surface area contributed by atoms with Gasteiger partial charge in [-0.15, -0.1) is 10.2 Å². The van der Waals surface area contributed by atoms with Crippen molar-refractivity contribution in [1.29, 1.82) is 0 Å². The van der Waals surface area contributed by atoms with E-state index in [1.54, 1.807) is 10.9 Å². The van der Waals surface area contributed by atoms with Crippen LogP contribution in [0.2, 0.25) is 0 Å². The van der Waals surface area contributed by atoms with Crippen molar-refractivity contribution in [3.8, 4) is 5.88 Å². The van der Waals surface area contributed by atoms with E-state index in [2.05, 4.69) is 20.2 Å². The number of aromatic amines is 1. The zero-order valence-corrected chi connectivity index (χ0v) is 13.5. The summed E-state index contributed by atoms with van der Waals surface area (Å²) >= 11 is 0. The highest BCUT2D eigenvalue weighted by molar-refractivity contribution is 5.96. The molecule has 0 bridgehead atoms. The molecule has 25 heavy (non-hydrogen) atoms. The van der Waals surface area contributed by atoms with Crippen LogP contribution in [0.5, 0.6) is 5.88 Å². The summed E-state index contributed by atoms with van der Waals surface area (Å²) in [6.07, 6.45) is 1.60. The average Bonchev–Trinajstić information content (AvgIpc) is 3.15. The van der Waals surface area contributed by atoms with Crippen LogP contribution in [0.1, 0.15) is 5.56 Å². The number of rotatable bonds is 3. The smallest absolute Gasteiger partial charge is 0.284 e. The maximum absolute atomic E-state index is 12.2. The van der Waals surface area contributed by atoms with Crippen molar-refractivity contribution in [2.75, 3.05) is 0 Å². The second-order valence-electron chi connectivity index (χ2n) is 5.77. The molecular formula is C18H15N5O2. The van der Waals surface area contributed by atoms with Crippen molar-refractivity contribution >= 4 is 33.5 Å². The van der Waals surface area contributed by atoms with Crippen LogP contribution in [0.3, 0.4) is 0 Å². The fraction of sp³-hybridized carbons (Fsp3) is 0.111. The third-order valence-electron chi connectivity index (χ3n) is 4.09. The number of nitrogens with zero attached hydrogens (tertiary/aromatic N) is 4. The fourth-order valence-electron chi connectivity index (χ4n) is 2.86. The van der Waals surface area contributed by atoms with Gasteiger partial charge < -0.3 is 14.7 Å². The van der Waals surface area contributed by atoms with Crippen LogP contribution >= 0.6 is 0 Å². The molecule has 0 saturated heterocycles. The Morgan fingerprint density at radius 2 is 2.08 bits per heavy atom. The zero-order valence-electron chi connectivity index (χ0n) is 13.5. The van der Waals surface area contributed by atoms with Crippen molar-refractivity contribution in [2.45, 2.75) is 13.5 Å². The van der Waals surface area contributed by atoms with Gasteiger partial charge in [-0.1, -0.05) is 30.3 Å². The first-order valence-electron chi connectivity index (χ1n) is 7.78. The highest BCUT2D eigenvalue weighted by Crippen LogP contribution is 2.36. The van der Waals surface area contributed by atoms with Crippen LogP contribution in [0, 0.1) is 6.92 Å².